The SMILES string of the molecule is CCOc1cc(NC(=O)NC2CS(=O)(=O)C2)ccc1[N+](=O)[O-]. The minimum absolute atomic E-state index is 0.0523. The lowest BCUT2D eigenvalue weighted by atomic mass is 10.2. The number of nitro benzene ring substituents is 1. The number of rotatable bonds is 5. The highest BCUT2D eigenvalue weighted by atomic mass is 32.2. The topological polar surface area (TPSA) is 128 Å². The quantitative estimate of drug-likeness (QED) is 0.610. The van der Waals surface area contributed by atoms with Gasteiger partial charge in [-0.2, -0.15) is 0 Å². The molecule has 22 heavy (non-hydrogen) atoms. The summed E-state index contributed by atoms with van der Waals surface area (Å²) in [5.74, 6) is -0.105. The van der Waals surface area contributed by atoms with Crippen molar-refractivity contribution < 1.29 is 22.9 Å². The van der Waals surface area contributed by atoms with Crippen LogP contribution in [0, 0.1) is 10.1 Å². The second-order valence-corrected chi connectivity index (χ2v) is 6.90. The molecule has 0 aliphatic carbocycles. The maximum atomic E-state index is 11.7. The van der Waals surface area contributed by atoms with E-state index in [2.05, 4.69) is 10.6 Å². The Morgan fingerprint density at radius 2 is 2.14 bits per heavy atom. The van der Waals surface area contributed by atoms with Gasteiger partial charge < -0.3 is 15.4 Å². The summed E-state index contributed by atoms with van der Waals surface area (Å²) in [6.07, 6.45) is 0. The standard InChI is InChI=1S/C12H15N3O6S/c1-2-21-11-5-8(3-4-10(11)15(17)18)13-12(16)14-9-6-22(19,20)7-9/h3-5,9H,2,6-7H2,1H3,(H2,13,14,16). The molecule has 1 aliphatic heterocycles. The molecule has 0 atom stereocenters. The highest BCUT2D eigenvalue weighted by molar-refractivity contribution is 7.92. The summed E-state index contributed by atoms with van der Waals surface area (Å²) in [6, 6.07) is 2.97. The number of urea groups is 1. The molecule has 2 amide bonds. The molecule has 1 saturated heterocycles. The minimum atomic E-state index is -3.02. The Kier molecular flexibility index (Phi) is 4.50. The second kappa shape index (κ2) is 6.18. The van der Waals surface area contributed by atoms with Crippen molar-refractivity contribution in [3.05, 3.63) is 28.3 Å². The van der Waals surface area contributed by atoms with Crippen molar-refractivity contribution >= 4 is 27.2 Å². The summed E-state index contributed by atoms with van der Waals surface area (Å²) in [4.78, 5) is 22.0. The van der Waals surface area contributed by atoms with E-state index in [4.69, 9.17) is 4.74 Å². The number of nitrogens with zero attached hydrogens (tertiary/aromatic N) is 1. The number of hydrogen-bond acceptors (Lipinski definition) is 6. The molecule has 0 bridgehead atoms. The Hall–Kier alpha value is -2.36. The lowest BCUT2D eigenvalue weighted by molar-refractivity contribution is -0.385. The van der Waals surface area contributed by atoms with Crippen LogP contribution >= 0.6 is 0 Å². The fourth-order valence-corrected chi connectivity index (χ4v) is 3.31. The molecule has 1 aromatic carbocycles. The van der Waals surface area contributed by atoms with Crippen LogP contribution in [0.15, 0.2) is 18.2 Å². The summed E-state index contributed by atoms with van der Waals surface area (Å²) in [7, 11) is -3.02. The maximum Gasteiger partial charge on any atom is 0.319 e. The summed E-state index contributed by atoms with van der Waals surface area (Å²) < 4.78 is 27.2. The number of ether oxygens (including phenoxy) is 1. The molecule has 10 heteroatoms. The van der Waals surface area contributed by atoms with Crippen molar-refractivity contribution in [3.8, 4) is 5.75 Å². The van der Waals surface area contributed by atoms with E-state index in [0.29, 0.717) is 5.69 Å². The Balaban J connectivity index is 2.01. The highest BCUT2D eigenvalue weighted by Gasteiger charge is 2.34. The van der Waals surface area contributed by atoms with Gasteiger partial charge in [0.1, 0.15) is 0 Å². The lowest BCUT2D eigenvalue weighted by Crippen LogP contribution is -2.53. The van der Waals surface area contributed by atoms with E-state index in [1.165, 1.54) is 18.2 Å². The van der Waals surface area contributed by atoms with E-state index in [1.807, 2.05) is 0 Å². The third-order valence-corrected chi connectivity index (χ3v) is 4.78. The van der Waals surface area contributed by atoms with Gasteiger partial charge in [-0.25, -0.2) is 13.2 Å². The van der Waals surface area contributed by atoms with E-state index >= 15 is 0 Å². The Morgan fingerprint density at radius 1 is 1.45 bits per heavy atom. The first-order valence-electron chi connectivity index (χ1n) is 6.50. The molecule has 0 unspecified atom stereocenters. The highest BCUT2D eigenvalue weighted by Crippen LogP contribution is 2.30. The van der Waals surface area contributed by atoms with Crippen molar-refractivity contribution in [2.24, 2.45) is 0 Å². The summed E-state index contributed by atoms with van der Waals surface area (Å²) >= 11 is 0. The van der Waals surface area contributed by atoms with Crippen LogP contribution in [-0.4, -0.2) is 43.5 Å². The fourth-order valence-electron chi connectivity index (χ4n) is 2.01. The molecule has 1 aliphatic rings. The van der Waals surface area contributed by atoms with E-state index in [1.54, 1.807) is 6.92 Å². The van der Waals surface area contributed by atoms with E-state index in [-0.39, 0.29) is 29.5 Å². The van der Waals surface area contributed by atoms with Crippen molar-refractivity contribution in [1.82, 2.24) is 5.32 Å². The van der Waals surface area contributed by atoms with Gasteiger partial charge >= 0.3 is 11.7 Å². The van der Waals surface area contributed by atoms with Gasteiger partial charge in [0.05, 0.1) is 29.1 Å². The molecular formula is C12H15N3O6S. The number of benzene rings is 1. The Bertz CT molecular complexity index is 691. The first-order chi connectivity index (χ1) is 10.3. The van der Waals surface area contributed by atoms with Gasteiger partial charge in [-0.15, -0.1) is 0 Å². The number of anilines is 1. The average molecular weight is 329 g/mol. The first kappa shape index (κ1) is 16.0. The number of hydrogen-bond donors (Lipinski definition) is 2. The van der Waals surface area contributed by atoms with Gasteiger partial charge in [0.25, 0.3) is 0 Å². The van der Waals surface area contributed by atoms with Gasteiger partial charge in [0.15, 0.2) is 15.6 Å². The number of sulfone groups is 1. The predicted octanol–water partition coefficient (Wildman–Crippen LogP) is 0.912. The Labute approximate surface area is 126 Å². The zero-order valence-electron chi connectivity index (χ0n) is 11.7. The molecule has 0 saturated carbocycles. The van der Waals surface area contributed by atoms with Crippen LogP contribution < -0.4 is 15.4 Å². The van der Waals surface area contributed by atoms with Crippen LogP contribution in [0.3, 0.4) is 0 Å². The molecule has 1 heterocycles. The summed E-state index contributed by atoms with van der Waals surface area (Å²) in [5, 5.41) is 15.8. The number of nitrogens with one attached hydrogen (secondary N) is 2. The minimum Gasteiger partial charge on any atom is -0.487 e. The summed E-state index contributed by atoms with van der Waals surface area (Å²) in [5.41, 5.74) is 0.117. The van der Waals surface area contributed by atoms with Gasteiger partial charge in [-0.1, -0.05) is 0 Å². The van der Waals surface area contributed by atoms with Crippen LogP contribution in [0.25, 0.3) is 0 Å². The number of carbonyl (C=O) groups excluding carboxylic acids is 1. The smallest absolute Gasteiger partial charge is 0.319 e. The molecule has 0 aromatic heterocycles. The molecule has 0 spiro atoms. The molecule has 1 fully saturated rings. The number of carbonyl (C=O) groups is 1. The molecule has 1 aromatic rings. The average Bonchev–Trinajstić information content (AvgIpc) is 2.36. The van der Waals surface area contributed by atoms with Crippen LogP contribution in [0.1, 0.15) is 6.92 Å². The molecule has 2 N–H and O–H groups in total. The van der Waals surface area contributed by atoms with Crippen molar-refractivity contribution in [1.29, 1.82) is 0 Å². The third kappa shape index (κ3) is 3.85. The molecule has 9 nitrogen and oxygen atoms in total. The maximum absolute atomic E-state index is 11.7. The van der Waals surface area contributed by atoms with Crippen molar-refractivity contribution in [2.45, 2.75) is 13.0 Å². The van der Waals surface area contributed by atoms with Gasteiger partial charge in [-0.3, -0.25) is 10.1 Å². The number of nitro groups is 1. The van der Waals surface area contributed by atoms with Crippen molar-refractivity contribution in [3.63, 3.8) is 0 Å². The van der Waals surface area contributed by atoms with Crippen molar-refractivity contribution in [2.75, 3.05) is 23.4 Å². The third-order valence-electron chi connectivity index (χ3n) is 2.96. The lowest BCUT2D eigenvalue weighted by Gasteiger charge is -2.26. The molecule has 0 radical (unpaired) electrons. The molecular weight excluding hydrogens is 314 g/mol. The van der Waals surface area contributed by atoms with Gasteiger partial charge in [-0.05, 0) is 13.0 Å². The second-order valence-electron chi connectivity index (χ2n) is 4.74. The zero-order chi connectivity index (χ0) is 16.3. The van der Waals surface area contributed by atoms with Gasteiger partial charge in [0, 0.05) is 17.8 Å². The van der Waals surface area contributed by atoms with E-state index in [0.717, 1.165) is 0 Å². The molecule has 2 rings (SSSR count). The Morgan fingerprint density at radius 3 is 2.68 bits per heavy atom. The van der Waals surface area contributed by atoms with E-state index < -0.39 is 26.8 Å². The van der Waals surface area contributed by atoms with Crippen LogP contribution in [0.5, 0.6) is 5.75 Å². The number of amides is 2. The largest absolute Gasteiger partial charge is 0.487 e. The van der Waals surface area contributed by atoms with E-state index in [9.17, 15) is 23.3 Å². The van der Waals surface area contributed by atoms with Crippen LogP contribution in [0.4, 0.5) is 16.2 Å². The normalized spacial score (nSPS) is 16.4. The van der Waals surface area contributed by atoms with Gasteiger partial charge in [0.2, 0.25) is 0 Å². The van der Waals surface area contributed by atoms with Crippen LogP contribution in [0.2, 0.25) is 0 Å². The molecule has 120 valence electrons. The summed E-state index contributed by atoms with van der Waals surface area (Å²) in [6.45, 7) is 1.93. The zero-order valence-corrected chi connectivity index (χ0v) is 12.6. The predicted molar refractivity (Wildman–Crippen MR) is 78.9 cm³/mol. The fraction of sp³-hybridized carbons (Fsp3) is 0.417. The monoisotopic (exact) mass is 329 g/mol. The van der Waals surface area contributed by atoms with Crippen LogP contribution in [-0.2, 0) is 9.84 Å². The first-order valence-corrected chi connectivity index (χ1v) is 8.32.